The third-order valence-corrected chi connectivity index (χ3v) is 4.43. The topological polar surface area (TPSA) is 42.7 Å². The van der Waals surface area contributed by atoms with E-state index in [0.29, 0.717) is 23.1 Å². The summed E-state index contributed by atoms with van der Waals surface area (Å²) in [6.45, 7) is 7.56. The number of aromatic nitrogens is 3. The highest BCUT2D eigenvalue weighted by Gasteiger charge is 2.45. The number of aryl methyl sites for hydroxylation is 1. The van der Waals surface area contributed by atoms with Crippen LogP contribution in [0.25, 0.3) is 0 Å². The largest absolute Gasteiger partial charge is 0.319 e. The molecule has 1 heterocycles. The summed E-state index contributed by atoms with van der Waals surface area (Å²) in [6.07, 6.45) is 1.75. The van der Waals surface area contributed by atoms with Crippen LogP contribution in [0.1, 0.15) is 32.6 Å². The molecule has 0 saturated heterocycles. The van der Waals surface area contributed by atoms with Gasteiger partial charge in [-0.3, -0.25) is 0 Å². The standard InChI is InChI=1S/C12H21ClN4/c1-7(2)11(12-16-15-6-17(12)4)14-5-9-8(3)10(9)13/h6-11,14H,5H2,1-4H3/t8-,9-,10-,11+/m1/s1. The molecule has 0 unspecified atom stereocenters. The van der Waals surface area contributed by atoms with Crippen LogP contribution in [0.3, 0.4) is 0 Å². The normalized spacial score (nSPS) is 29.6. The van der Waals surface area contributed by atoms with Crippen molar-refractivity contribution in [2.24, 2.45) is 24.8 Å². The molecule has 2 rings (SSSR count). The second-order valence-corrected chi connectivity index (χ2v) is 5.90. The van der Waals surface area contributed by atoms with Gasteiger partial charge in [0.1, 0.15) is 12.2 Å². The van der Waals surface area contributed by atoms with Crippen LogP contribution in [0.2, 0.25) is 0 Å². The Labute approximate surface area is 108 Å². The van der Waals surface area contributed by atoms with E-state index in [9.17, 15) is 0 Å². The molecule has 4 atom stereocenters. The van der Waals surface area contributed by atoms with Gasteiger partial charge in [-0.05, 0) is 17.8 Å². The van der Waals surface area contributed by atoms with E-state index in [2.05, 4.69) is 36.3 Å². The Kier molecular flexibility index (Phi) is 3.73. The van der Waals surface area contributed by atoms with E-state index in [1.807, 2.05) is 11.6 Å². The predicted molar refractivity (Wildman–Crippen MR) is 68.9 cm³/mol. The van der Waals surface area contributed by atoms with Crippen molar-refractivity contribution in [3.63, 3.8) is 0 Å². The van der Waals surface area contributed by atoms with E-state index in [1.54, 1.807) is 6.33 Å². The van der Waals surface area contributed by atoms with E-state index < -0.39 is 0 Å². The van der Waals surface area contributed by atoms with Gasteiger partial charge in [0.15, 0.2) is 0 Å². The average Bonchev–Trinajstić information content (AvgIpc) is 2.67. The fraction of sp³-hybridized carbons (Fsp3) is 0.833. The minimum absolute atomic E-state index is 0.249. The third-order valence-electron chi connectivity index (χ3n) is 3.71. The number of hydrogen-bond acceptors (Lipinski definition) is 3. The molecule has 4 nitrogen and oxygen atoms in total. The van der Waals surface area contributed by atoms with E-state index in [-0.39, 0.29) is 6.04 Å². The molecular weight excluding hydrogens is 236 g/mol. The SMILES string of the molecule is CC(C)[C@H](NC[C@@H]1[C@@H](C)[C@H]1Cl)c1nncn1C. The molecule has 1 aromatic heterocycles. The smallest absolute Gasteiger partial charge is 0.149 e. The average molecular weight is 257 g/mol. The van der Waals surface area contributed by atoms with Gasteiger partial charge in [-0.15, -0.1) is 21.8 Å². The number of hydrogen-bond donors (Lipinski definition) is 1. The molecular formula is C12H21ClN4. The molecule has 1 fully saturated rings. The maximum Gasteiger partial charge on any atom is 0.149 e. The fourth-order valence-corrected chi connectivity index (χ4v) is 2.67. The number of alkyl halides is 1. The molecule has 0 amide bonds. The lowest BCUT2D eigenvalue weighted by molar-refractivity contribution is 0.376. The predicted octanol–water partition coefficient (Wildman–Crippen LogP) is 1.98. The Morgan fingerprint density at radius 3 is 2.59 bits per heavy atom. The van der Waals surface area contributed by atoms with E-state index >= 15 is 0 Å². The molecule has 17 heavy (non-hydrogen) atoms. The van der Waals surface area contributed by atoms with Gasteiger partial charge in [0.05, 0.1) is 6.04 Å². The van der Waals surface area contributed by atoms with Gasteiger partial charge < -0.3 is 9.88 Å². The Morgan fingerprint density at radius 1 is 1.53 bits per heavy atom. The number of halogens is 1. The summed E-state index contributed by atoms with van der Waals surface area (Å²) in [6, 6.07) is 0.249. The van der Waals surface area contributed by atoms with Crippen molar-refractivity contribution in [1.82, 2.24) is 20.1 Å². The summed E-state index contributed by atoms with van der Waals surface area (Å²) in [4.78, 5) is 0. The Hall–Kier alpha value is -0.610. The van der Waals surface area contributed by atoms with Crippen LogP contribution in [-0.2, 0) is 7.05 Å². The zero-order chi connectivity index (χ0) is 12.6. The minimum atomic E-state index is 0.249. The second kappa shape index (κ2) is 4.94. The van der Waals surface area contributed by atoms with Crippen molar-refractivity contribution >= 4 is 11.6 Å². The lowest BCUT2D eigenvalue weighted by atomic mass is 10.0. The van der Waals surface area contributed by atoms with Crippen molar-refractivity contribution in [3.05, 3.63) is 12.2 Å². The summed E-state index contributed by atoms with van der Waals surface area (Å²) in [5, 5.41) is 12.1. The molecule has 1 aliphatic rings. The number of rotatable bonds is 5. The summed E-state index contributed by atoms with van der Waals surface area (Å²) < 4.78 is 1.98. The fourth-order valence-electron chi connectivity index (χ4n) is 2.25. The van der Waals surface area contributed by atoms with E-state index in [4.69, 9.17) is 11.6 Å². The van der Waals surface area contributed by atoms with Crippen molar-refractivity contribution < 1.29 is 0 Å². The van der Waals surface area contributed by atoms with Crippen LogP contribution in [0.15, 0.2) is 6.33 Å². The molecule has 0 aromatic carbocycles. The summed E-state index contributed by atoms with van der Waals surface area (Å²) >= 11 is 6.15. The lowest BCUT2D eigenvalue weighted by Crippen LogP contribution is -2.30. The molecule has 0 radical (unpaired) electrons. The van der Waals surface area contributed by atoms with Crippen molar-refractivity contribution in [2.75, 3.05) is 6.54 Å². The monoisotopic (exact) mass is 256 g/mol. The molecule has 0 bridgehead atoms. The maximum absolute atomic E-state index is 6.15. The Balaban J connectivity index is 1.97. The number of nitrogens with one attached hydrogen (secondary N) is 1. The molecule has 0 spiro atoms. The van der Waals surface area contributed by atoms with E-state index in [1.165, 1.54) is 0 Å². The van der Waals surface area contributed by atoms with Crippen molar-refractivity contribution in [3.8, 4) is 0 Å². The van der Waals surface area contributed by atoms with Gasteiger partial charge >= 0.3 is 0 Å². The van der Waals surface area contributed by atoms with Crippen molar-refractivity contribution in [1.29, 1.82) is 0 Å². The van der Waals surface area contributed by atoms with Gasteiger partial charge in [-0.25, -0.2) is 0 Å². The van der Waals surface area contributed by atoms with Gasteiger partial charge in [0.25, 0.3) is 0 Å². The lowest BCUT2D eigenvalue weighted by Gasteiger charge is -2.21. The quantitative estimate of drug-likeness (QED) is 0.820. The first-order valence-electron chi connectivity index (χ1n) is 6.23. The number of nitrogens with zero attached hydrogens (tertiary/aromatic N) is 3. The molecule has 1 aromatic rings. The molecule has 1 N–H and O–H groups in total. The van der Waals surface area contributed by atoms with Crippen molar-refractivity contribution in [2.45, 2.75) is 32.2 Å². The van der Waals surface area contributed by atoms with Crippen LogP contribution in [0, 0.1) is 17.8 Å². The highest BCUT2D eigenvalue weighted by Crippen LogP contribution is 2.43. The minimum Gasteiger partial charge on any atom is -0.319 e. The van der Waals surface area contributed by atoms with Crippen LogP contribution in [0.5, 0.6) is 0 Å². The molecule has 96 valence electrons. The second-order valence-electron chi connectivity index (χ2n) is 5.40. The van der Waals surface area contributed by atoms with Crippen LogP contribution in [0.4, 0.5) is 0 Å². The highest BCUT2D eigenvalue weighted by atomic mass is 35.5. The summed E-state index contributed by atoms with van der Waals surface area (Å²) in [7, 11) is 1.98. The van der Waals surface area contributed by atoms with E-state index in [0.717, 1.165) is 12.4 Å². The first-order chi connectivity index (χ1) is 8.02. The van der Waals surface area contributed by atoms with Crippen LogP contribution in [-0.4, -0.2) is 26.7 Å². The Morgan fingerprint density at radius 2 is 2.18 bits per heavy atom. The molecule has 1 saturated carbocycles. The Bertz CT molecular complexity index is 368. The van der Waals surface area contributed by atoms with Crippen LogP contribution < -0.4 is 5.32 Å². The van der Waals surface area contributed by atoms with Gasteiger partial charge in [-0.1, -0.05) is 20.8 Å². The summed E-state index contributed by atoms with van der Waals surface area (Å²) in [5.74, 6) is 2.72. The summed E-state index contributed by atoms with van der Waals surface area (Å²) in [5.41, 5.74) is 0. The van der Waals surface area contributed by atoms with Crippen LogP contribution >= 0.6 is 11.6 Å². The first kappa shape index (κ1) is 12.8. The molecule has 5 heteroatoms. The maximum atomic E-state index is 6.15. The van der Waals surface area contributed by atoms with Gasteiger partial charge in [0, 0.05) is 19.0 Å². The first-order valence-corrected chi connectivity index (χ1v) is 6.67. The molecule has 0 aliphatic heterocycles. The van der Waals surface area contributed by atoms with Gasteiger partial charge in [-0.2, -0.15) is 0 Å². The van der Waals surface area contributed by atoms with Gasteiger partial charge in [0.2, 0.25) is 0 Å². The highest BCUT2D eigenvalue weighted by molar-refractivity contribution is 6.23. The zero-order valence-electron chi connectivity index (χ0n) is 10.9. The molecule has 1 aliphatic carbocycles. The third kappa shape index (κ3) is 2.63. The zero-order valence-corrected chi connectivity index (χ0v) is 11.6.